The van der Waals surface area contributed by atoms with Crippen molar-refractivity contribution in [3.05, 3.63) is 0 Å². The van der Waals surface area contributed by atoms with Gasteiger partial charge in [-0.3, -0.25) is 4.79 Å². The molecule has 0 radical (unpaired) electrons. The lowest BCUT2D eigenvalue weighted by atomic mass is 10.0. The van der Waals surface area contributed by atoms with Crippen LogP contribution in [0.15, 0.2) is 0 Å². The molecule has 1 saturated carbocycles. The van der Waals surface area contributed by atoms with Crippen molar-refractivity contribution in [2.75, 3.05) is 26.7 Å². The summed E-state index contributed by atoms with van der Waals surface area (Å²) in [6.07, 6.45) is 9.64. The van der Waals surface area contributed by atoms with E-state index in [1.165, 1.54) is 58.0 Å². The molecular formula is C17H33N3O. The fraction of sp³-hybridized carbons (Fsp3) is 0.941. The summed E-state index contributed by atoms with van der Waals surface area (Å²) in [5, 5.41) is 6.18. The summed E-state index contributed by atoms with van der Waals surface area (Å²) >= 11 is 0. The van der Waals surface area contributed by atoms with Crippen LogP contribution in [0.25, 0.3) is 0 Å². The lowest BCUT2D eigenvalue weighted by molar-refractivity contribution is -0.126. The Balaban J connectivity index is 1.73. The van der Waals surface area contributed by atoms with Crippen molar-refractivity contribution in [3.63, 3.8) is 0 Å². The van der Waals surface area contributed by atoms with Crippen molar-refractivity contribution in [2.45, 2.75) is 70.4 Å². The van der Waals surface area contributed by atoms with E-state index in [9.17, 15) is 4.79 Å². The minimum atomic E-state index is -0.473. The van der Waals surface area contributed by atoms with Gasteiger partial charge in [0.25, 0.3) is 0 Å². The van der Waals surface area contributed by atoms with Gasteiger partial charge in [-0.05, 0) is 52.6 Å². The summed E-state index contributed by atoms with van der Waals surface area (Å²) in [5.41, 5.74) is -0.473. The minimum Gasteiger partial charge on any atom is -0.354 e. The zero-order valence-electron chi connectivity index (χ0n) is 14.1. The molecule has 21 heavy (non-hydrogen) atoms. The lowest BCUT2D eigenvalue weighted by Gasteiger charge is -2.27. The average Bonchev–Trinajstić information content (AvgIpc) is 2.78. The molecule has 2 rings (SSSR count). The van der Waals surface area contributed by atoms with Gasteiger partial charge in [-0.15, -0.1) is 0 Å². The Morgan fingerprint density at radius 3 is 2.43 bits per heavy atom. The average molecular weight is 295 g/mol. The molecule has 1 amide bonds. The number of nitrogens with one attached hydrogen (secondary N) is 2. The van der Waals surface area contributed by atoms with Gasteiger partial charge in [-0.1, -0.05) is 25.7 Å². The fourth-order valence-corrected chi connectivity index (χ4v) is 3.56. The predicted octanol–water partition coefficient (Wildman–Crippen LogP) is 2.15. The highest BCUT2D eigenvalue weighted by atomic mass is 16.2. The zero-order valence-corrected chi connectivity index (χ0v) is 14.1. The SMILES string of the molecule is CNC(C)(C)C(=O)NC[C@@H]1CCN(C2CCCCCC2)C1. The van der Waals surface area contributed by atoms with Crippen LogP contribution in [0.5, 0.6) is 0 Å². The smallest absolute Gasteiger partial charge is 0.239 e. The van der Waals surface area contributed by atoms with Crippen LogP contribution in [0.4, 0.5) is 0 Å². The number of likely N-dealkylation sites (N-methyl/N-ethyl adjacent to an activating group) is 1. The number of nitrogens with zero attached hydrogens (tertiary/aromatic N) is 1. The quantitative estimate of drug-likeness (QED) is 0.764. The van der Waals surface area contributed by atoms with Crippen LogP contribution in [0.2, 0.25) is 0 Å². The molecule has 4 heteroatoms. The normalized spacial score (nSPS) is 25.8. The third-order valence-electron chi connectivity index (χ3n) is 5.40. The van der Waals surface area contributed by atoms with Crippen molar-refractivity contribution in [1.82, 2.24) is 15.5 Å². The van der Waals surface area contributed by atoms with Crippen molar-refractivity contribution in [1.29, 1.82) is 0 Å². The first kappa shape index (κ1) is 16.8. The van der Waals surface area contributed by atoms with Crippen LogP contribution in [0.3, 0.4) is 0 Å². The molecule has 0 spiro atoms. The van der Waals surface area contributed by atoms with Gasteiger partial charge in [-0.25, -0.2) is 0 Å². The molecule has 1 aliphatic carbocycles. The first-order valence-corrected chi connectivity index (χ1v) is 8.74. The molecule has 1 atom stereocenters. The van der Waals surface area contributed by atoms with E-state index in [1.54, 1.807) is 0 Å². The third-order valence-corrected chi connectivity index (χ3v) is 5.40. The molecule has 122 valence electrons. The maximum absolute atomic E-state index is 12.1. The maximum atomic E-state index is 12.1. The topological polar surface area (TPSA) is 44.4 Å². The van der Waals surface area contributed by atoms with Gasteiger partial charge in [-0.2, -0.15) is 0 Å². The third kappa shape index (κ3) is 4.68. The Hall–Kier alpha value is -0.610. The highest BCUT2D eigenvalue weighted by molar-refractivity contribution is 5.85. The van der Waals surface area contributed by atoms with E-state index in [4.69, 9.17) is 0 Å². The van der Waals surface area contributed by atoms with Crippen LogP contribution < -0.4 is 10.6 Å². The predicted molar refractivity (Wildman–Crippen MR) is 87.3 cm³/mol. The number of hydrogen-bond donors (Lipinski definition) is 2. The molecule has 1 aliphatic heterocycles. The summed E-state index contributed by atoms with van der Waals surface area (Å²) in [6.45, 7) is 7.07. The monoisotopic (exact) mass is 295 g/mol. The lowest BCUT2D eigenvalue weighted by Crippen LogP contribution is -2.52. The Kier molecular flexibility index (Phi) is 6.06. The van der Waals surface area contributed by atoms with Crippen LogP contribution in [-0.4, -0.2) is 49.1 Å². The molecule has 2 fully saturated rings. The van der Waals surface area contributed by atoms with E-state index in [-0.39, 0.29) is 5.91 Å². The molecule has 0 aromatic carbocycles. The Bertz CT molecular complexity index is 335. The largest absolute Gasteiger partial charge is 0.354 e. The van der Waals surface area contributed by atoms with E-state index in [1.807, 2.05) is 20.9 Å². The molecule has 0 bridgehead atoms. The summed E-state index contributed by atoms with van der Waals surface area (Å²) in [5.74, 6) is 0.739. The molecule has 0 unspecified atom stereocenters. The van der Waals surface area contributed by atoms with Gasteiger partial charge in [0.2, 0.25) is 5.91 Å². The second kappa shape index (κ2) is 7.59. The van der Waals surface area contributed by atoms with Crippen molar-refractivity contribution >= 4 is 5.91 Å². The molecule has 4 nitrogen and oxygen atoms in total. The second-order valence-corrected chi connectivity index (χ2v) is 7.38. The van der Waals surface area contributed by atoms with Gasteiger partial charge in [0, 0.05) is 19.1 Å². The van der Waals surface area contributed by atoms with Gasteiger partial charge in [0.1, 0.15) is 0 Å². The van der Waals surface area contributed by atoms with Crippen molar-refractivity contribution in [3.8, 4) is 0 Å². The number of carbonyl (C=O) groups is 1. The summed E-state index contributed by atoms with van der Waals surface area (Å²) in [4.78, 5) is 14.8. The van der Waals surface area contributed by atoms with Crippen LogP contribution in [0, 0.1) is 5.92 Å². The minimum absolute atomic E-state index is 0.109. The molecule has 1 heterocycles. The highest BCUT2D eigenvalue weighted by Crippen LogP contribution is 2.26. The first-order chi connectivity index (χ1) is 10.0. The summed E-state index contributed by atoms with van der Waals surface area (Å²) in [7, 11) is 1.84. The molecule has 0 aromatic heterocycles. The van der Waals surface area contributed by atoms with E-state index in [2.05, 4.69) is 15.5 Å². The standard InChI is InChI=1S/C17H33N3O/c1-17(2,18-3)16(21)19-12-14-10-11-20(13-14)15-8-6-4-5-7-9-15/h14-15,18H,4-13H2,1-3H3,(H,19,21)/t14-/m0/s1. The van der Waals surface area contributed by atoms with E-state index >= 15 is 0 Å². The molecule has 2 N–H and O–H groups in total. The van der Waals surface area contributed by atoms with E-state index in [0.717, 1.165) is 12.6 Å². The van der Waals surface area contributed by atoms with Gasteiger partial charge in [0.15, 0.2) is 0 Å². The molecule has 2 aliphatic rings. The van der Waals surface area contributed by atoms with Crippen LogP contribution >= 0.6 is 0 Å². The Labute approximate surface area is 130 Å². The van der Waals surface area contributed by atoms with Crippen molar-refractivity contribution < 1.29 is 4.79 Å². The van der Waals surface area contributed by atoms with E-state index < -0.39 is 5.54 Å². The Morgan fingerprint density at radius 2 is 1.81 bits per heavy atom. The number of rotatable bonds is 5. The van der Waals surface area contributed by atoms with Crippen molar-refractivity contribution in [2.24, 2.45) is 5.92 Å². The maximum Gasteiger partial charge on any atom is 0.239 e. The van der Waals surface area contributed by atoms with Gasteiger partial charge >= 0.3 is 0 Å². The van der Waals surface area contributed by atoms with Gasteiger partial charge < -0.3 is 15.5 Å². The fourth-order valence-electron chi connectivity index (χ4n) is 3.56. The van der Waals surface area contributed by atoms with Crippen LogP contribution in [-0.2, 0) is 4.79 Å². The number of hydrogen-bond acceptors (Lipinski definition) is 3. The molecule has 0 aromatic rings. The highest BCUT2D eigenvalue weighted by Gasteiger charge is 2.30. The zero-order chi connectivity index (χ0) is 15.3. The number of amides is 1. The molecular weight excluding hydrogens is 262 g/mol. The van der Waals surface area contributed by atoms with Crippen LogP contribution in [0.1, 0.15) is 58.8 Å². The van der Waals surface area contributed by atoms with E-state index in [0.29, 0.717) is 5.92 Å². The second-order valence-electron chi connectivity index (χ2n) is 7.38. The molecule has 1 saturated heterocycles. The summed E-state index contributed by atoms with van der Waals surface area (Å²) < 4.78 is 0. The first-order valence-electron chi connectivity index (χ1n) is 8.74. The van der Waals surface area contributed by atoms with Gasteiger partial charge in [0.05, 0.1) is 5.54 Å². The number of likely N-dealkylation sites (tertiary alicyclic amines) is 1. The summed E-state index contributed by atoms with van der Waals surface area (Å²) in [6, 6.07) is 0.807. The number of carbonyl (C=O) groups excluding carboxylic acids is 1. The Morgan fingerprint density at radius 1 is 1.14 bits per heavy atom.